The number of aromatic nitrogens is 3. The van der Waals surface area contributed by atoms with Crippen molar-refractivity contribution in [3.05, 3.63) is 6.20 Å². The third kappa shape index (κ3) is 1.42. The van der Waals surface area contributed by atoms with Crippen LogP contribution in [0, 0.1) is 0 Å². The van der Waals surface area contributed by atoms with Crippen LogP contribution in [-0.4, -0.2) is 21.5 Å². The molecule has 10 heavy (non-hydrogen) atoms. The molecular formula is C3H5N5O2. The number of hydrogen-bond acceptors (Lipinski definition) is 5. The first-order chi connectivity index (χ1) is 4.83. The van der Waals surface area contributed by atoms with Crippen LogP contribution in [0.3, 0.4) is 0 Å². The zero-order valence-electron chi connectivity index (χ0n) is 4.87. The van der Waals surface area contributed by atoms with Gasteiger partial charge in [0.15, 0.2) is 0 Å². The molecule has 0 saturated carbocycles. The number of nitrogens with one attached hydrogen (secondary N) is 2. The number of H-pyrrole nitrogens is 1. The number of carbonyl (C=O) groups is 1. The smallest absolute Gasteiger partial charge is 0.387 e. The van der Waals surface area contributed by atoms with Crippen LogP contribution >= 0.6 is 0 Å². The lowest BCUT2D eigenvalue weighted by Crippen LogP contribution is -2.32. The molecule has 1 aromatic rings. The van der Waals surface area contributed by atoms with Gasteiger partial charge in [-0.15, -0.1) is 5.10 Å². The molecule has 1 aromatic heterocycles. The van der Waals surface area contributed by atoms with E-state index in [1.165, 1.54) is 6.20 Å². The highest BCUT2D eigenvalue weighted by Crippen LogP contribution is 1.98. The zero-order valence-corrected chi connectivity index (χ0v) is 4.87. The summed E-state index contributed by atoms with van der Waals surface area (Å²) in [7, 11) is 0. The standard InChI is InChI=1S/C3H5N5O2/c4-6-3(9)10-2-1-5-8-7-2/h1H,4H2,(H,6,9)(H,5,7,8). The van der Waals surface area contributed by atoms with Crippen LogP contribution in [-0.2, 0) is 0 Å². The van der Waals surface area contributed by atoms with E-state index in [0.717, 1.165) is 0 Å². The van der Waals surface area contributed by atoms with Crippen molar-refractivity contribution in [1.82, 2.24) is 20.8 Å². The Morgan fingerprint density at radius 1 is 1.90 bits per heavy atom. The number of hydrogen-bond donors (Lipinski definition) is 3. The Kier molecular flexibility index (Phi) is 1.80. The number of rotatable bonds is 1. The second-order valence-electron chi connectivity index (χ2n) is 1.34. The average Bonchev–Trinajstić information content (AvgIpc) is 2.40. The van der Waals surface area contributed by atoms with Gasteiger partial charge in [-0.25, -0.2) is 10.6 Å². The fourth-order valence-electron chi connectivity index (χ4n) is 0.365. The van der Waals surface area contributed by atoms with E-state index in [9.17, 15) is 4.79 Å². The molecule has 4 N–H and O–H groups in total. The first-order valence-corrected chi connectivity index (χ1v) is 2.37. The maximum absolute atomic E-state index is 10.3. The van der Waals surface area contributed by atoms with Gasteiger partial charge in [0.05, 0.1) is 0 Å². The molecule has 7 nitrogen and oxygen atoms in total. The number of aromatic amines is 1. The van der Waals surface area contributed by atoms with E-state index >= 15 is 0 Å². The molecule has 0 aliphatic heterocycles. The third-order valence-electron chi connectivity index (χ3n) is 0.708. The van der Waals surface area contributed by atoms with Gasteiger partial charge in [0.1, 0.15) is 6.20 Å². The van der Waals surface area contributed by atoms with Crippen molar-refractivity contribution in [2.75, 3.05) is 0 Å². The van der Waals surface area contributed by atoms with Crippen molar-refractivity contribution in [3.8, 4) is 5.88 Å². The monoisotopic (exact) mass is 143 g/mol. The highest BCUT2D eigenvalue weighted by Gasteiger charge is 2.01. The van der Waals surface area contributed by atoms with Gasteiger partial charge < -0.3 is 4.74 Å². The molecule has 54 valence electrons. The molecule has 0 radical (unpaired) electrons. The molecule has 0 aliphatic rings. The molecule has 1 heterocycles. The number of ether oxygens (including phenoxy) is 1. The first-order valence-electron chi connectivity index (χ1n) is 2.37. The van der Waals surface area contributed by atoms with Gasteiger partial charge in [-0.3, -0.25) is 5.43 Å². The summed E-state index contributed by atoms with van der Waals surface area (Å²) < 4.78 is 4.42. The fourth-order valence-corrected chi connectivity index (χ4v) is 0.365. The SMILES string of the molecule is NNC(=O)Oc1cn[nH]n1. The maximum Gasteiger partial charge on any atom is 0.428 e. The maximum atomic E-state index is 10.3. The topological polar surface area (TPSA) is 106 Å². The Morgan fingerprint density at radius 3 is 3.20 bits per heavy atom. The largest absolute Gasteiger partial charge is 0.428 e. The van der Waals surface area contributed by atoms with Crippen LogP contribution in [0.15, 0.2) is 6.20 Å². The minimum absolute atomic E-state index is 0.0722. The number of hydrazine groups is 1. The van der Waals surface area contributed by atoms with E-state index in [2.05, 4.69) is 20.1 Å². The van der Waals surface area contributed by atoms with E-state index in [-0.39, 0.29) is 5.88 Å². The highest BCUT2D eigenvalue weighted by atomic mass is 16.6. The van der Waals surface area contributed by atoms with E-state index in [0.29, 0.717) is 0 Å². The first kappa shape index (κ1) is 6.49. The predicted molar refractivity (Wildman–Crippen MR) is 29.7 cm³/mol. The van der Waals surface area contributed by atoms with Crippen molar-refractivity contribution in [3.63, 3.8) is 0 Å². The van der Waals surface area contributed by atoms with Crippen LogP contribution in [0.5, 0.6) is 5.88 Å². The van der Waals surface area contributed by atoms with Crippen molar-refractivity contribution < 1.29 is 9.53 Å². The Bertz CT molecular complexity index is 207. The lowest BCUT2D eigenvalue weighted by atomic mass is 10.8. The second kappa shape index (κ2) is 2.78. The van der Waals surface area contributed by atoms with Crippen LogP contribution < -0.4 is 16.0 Å². The fraction of sp³-hybridized carbons (Fsp3) is 0. The second-order valence-corrected chi connectivity index (χ2v) is 1.34. The van der Waals surface area contributed by atoms with Crippen molar-refractivity contribution in [1.29, 1.82) is 0 Å². The van der Waals surface area contributed by atoms with Crippen molar-refractivity contribution in [2.45, 2.75) is 0 Å². The van der Waals surface area contributed by atoms with Crippen LogP contribution in [0.25, 0.3) is 0 Å². The Labute approximate surface area is 55.5 Å². The summed E-state index contributed by atoms with van der Waals surface area (Å²) >= 11 is 0. The Hall–Kier alpha value is -1.63. The van der Waals surface area contributed by atoms with Gasteiger partial charge in [-0.2, -0.15) is 10.3 Å². The molecular weight excluding hydrogens is 138 g/mol. The summed E-state index contributed by atoms with van der Waals surface area (Å²) in [6, 6.07) is 0. The number of nitrogens with two attached hydrogens (primary N) is 1. The number of amides is 1. The summed E-state index contributed by atoms with van der Waals surface area (Å²) in [5.41, 5.74) is 1.76. The quantitative estimate of drug-likeness (QED) is 0.259. The van der Waals surface area contributed by atoms with E-state index in [1.54, 1.807) is 5.43 Å². The molecule has 0 aromatic carbocycles. The summed E-state index contributed by atoms with van der Waals surface area (Å²) in [5, 5.41) is 9.07. The average molecular weight is 143 g/mol. The predicted octanol–water partition coefficient (Wildman–Crippen LogP) is -1.23. The van der Waals surface area contributed by atoms with Gasteiger partial charge >= 0.3 is 6.09 Å². The molecule has 1 amide bonds. The molecule has 0 spiro atoms. The van der Waals surface area contributed by atoms with Gasteiger partial charge in [-0.05, 0) is 0 Å². The molecule has 0 atom stereocenters. The molecule has 0 aliphatic carbocycles. The van der Waals surface area contributed by atoms with E-state index in [1.807, 2.05) is 0 Å². The van der Waals surface area contributed by atoms with Gasteiger partial charge in [0.2, 0.25) is 0 Å². The van der Waals surface area contributed by atoms with Crippen LogP contribution in [0.4, 0.5) is 4.79 Å². The zero-order chi connectivity index (χ0) is 7.40. The van der Waals surface area contributed by atoms with Crippen molar-refractivity contribution in [2.24, 2.45) is 5.84 Å². The Morgan fingerprint density at radius 2 is 2.70 bits per heavy atom. The van der Waals surface area contributed by atoms with Gasteiger partial charge in [0, 0.05) is 0 Å². The van der Waals surface area contributed by atoms with Crippen LogP contribution in [0.1, 0.15) is 0 Å². The molecule has 1 rings (SSSR count). The summed E-state index contributed by atoms with van der Waals surface area (Å²) in [6.45, 7) is 0. The van der Waals surface area contributed by atoms with Gasteiger partial charge in [0.25, 0.3) is 5.88 Å². The third-order valence-corrected chi connectivity index (χ3v) is 0.708. The Balaban J connectivity index is 2.48. The molecule has 0 unspecified atom stereocenters. The van der Waals surface area contributed by atoms with Crippen molar-refractivity contribution >= 4 is 6.09 Å². The normalized spacial score (nSPS) is 8.90. The minimum Gasteiger partial charge on any atom is -0.387 e. The number of carbonyl (C=O) groups excluding carboxylic acids is 1. The highest BCUT2D eigenvalue weighted by molar-refractivity contribution is 5.68. The summed E-state index contributed by atoms with van der Waals surface area (Å²) in [6.07, 6.45) is 0.462. The lowest BCUT2D eigenvalue weighted by molar-refractivity contribution is 0.199. The van der Waals surface area contributed by atoms with E-state index in [4.69, 9.17) is 5.84 Å². The molecule has 0 bridgehead atoms. The summed E-state index contributed by atoms with van der Waals surface area (Å²) in [4.78, 5) is 10.3. The molecule has 7 heteroatoms. The number of nitrogens with zero attached hydrogens (tertiary/aromatic N) is 2. The lowest BCUT2D eigenvalue weighted by Gasteiger charge is -1.95. The molecule has 0 fully saturated rings. The van der Waals surface area contributed by atoms with Crippen LogP contribution in [0.2, 0.25) is 0 Å². The van der Waals surface area contributed by atoms with Gasteiger partial charge in [-0.1, -0.05) is 0 Å². The minimum atomic E-state index is -0.783. The summed E-state index contributed by atoms with van der Waals surface area (Å²) in [5.74, 6) is 4.78. The molecule has 0 saturated heterocycles. The van der Waals surface area contributed by atoms with E-state index < -0.39 is 6.09 Å².